The van der Waals surface area contributed by atoms with E-state index < -0.39 is 5.97 Å². The molecule has 0 saturated heterocycles. The second-order valence-electron chi connectivity index (χ2n) is 5.47. The average Bonchev–Trinajstić information content (AvgIpc) is 2.62. The van der Waals surface area contributed by atoms with Gasteiger partial charge in [0.1, 0.15) is 17.1 Å². The van der Waals surface area contributed by atoms with Crippen molar-refractivity contribution < 1.29 is 24.2 Å². The quantitative estimate of drug-likeness (QED) is 0.768. The molecular formula is C19H21NO5. The van der Waals surface area contributed by atoms with Gasteiger partial charge < -0.3 is 19.9 Å². The molecule has 0 heterocycles. The summed E-state index contributed by atoms with van der Waals surface area (Å²) in [5, 5.41) is 11.8. The molecule has 0 aliphatic rings. The third-order valence-electron chi connectivity index (χ3n) is 3.74. The van der Waals surface area contributed by atoms with E-state index in [-0.39, 0.29) is 17.2 Å². The molecule has 132 valence electrons. The van der Waals surface area contributed by atoms with Gasteiger partial charge in [0.25, 0.3) is 0 Å². The Hall–Kier alpha value is -3.02. The number of carboxylic acid groups (broad SMARTS) is 1. The molecule has 0 unspecified atom stereocenters. The molecule has 0 aliphatic carbocycles. The summed E-state index contributed by atoms with van der Waals surface area (Å²) >= 11 is 0. The number of ether oxygens (including phenoxy) is 2. The number of amides is 1. The van der Waals surface area contributed by atoms with Crippen LogP contribution in [0.3, 0.4) is 0 Å². The first-order valence-corrected chi connectivity index (χ1v) is 7.87. The first kappa shape index (κ1) is 18.3. The Labute approximate surface area is 146 Å². The van der Waals surface area contributed by atoms with Crippen LogP contribution in [-0.4, -0.2) is 31.2 Å². The number of nitrogens with one attached hydrogen (secondary N) is 1. The van der Waals surface area contributed by atoms with Crippen molar-refractivity contribution in [2.45, 2.75) is 19.3 Å². The Morgan fingerprint density at radius 2 is 1.76 bits per heavy atom. The van der Waals surface area contributed by atoms with E-state index in [1.54, 1.807) is 13.2 Å². The zero-order chi connectivity index (χ0) is 18.2. The molecule has 0 atom stereocenters. The second-order valence-corrected chi connectivity index (χ2v) is 5.47. The minimum Gasteiger partial charge on any atom is -0.497 e. The van der Waals surface area contributed by atoms with Crippen molar-refractivity contribution >= 4 is 17.6 Å². The van der Waals surface area contributed by atoms with Crippen molar-refractivity contribution in [2.24, 2.45) is 0 Å². The van der Waals surface area contributed by atoms with Gasteiger partial charge in [0.05, 0.1) is 14.2 Å². The van der Waals surface area contributed by atoms with E-state index in [2.05, 4.69) is 5.32 Å². The SMILES string of the molecule is COc1ccc(CCCC(=O)Nc2ccc(C(=O)O)c(OC)c2)cc1. The first-order valence-electron chi connectivity index (χ1n) is 7.87. The summed E-state index contributed by atoms with van der Waals surface area (Å²) in [5.74, 6) is -0.184. The molecule has 6 heteroatoms. The zero-order valence-corrected chi connectivity index (χ0v) is 14.2. The Morgan fingerprint density at radius 3 is 2.36 bits per heavy atom. The Bertz CT molecular complexity index is 740. The molecule has 0 aromatic heterocycles. The molecule has 0 radical (unpaired) electrons. The number of carbonyl (C=O) groups is 2. The fourth-order valence-electron chi connectivity index (χ4n) is 2.41. The summed E-state index contributed by atoms with van der Waals surface area (Å²) in [5.41, 5.74) is 1.71. The molecule has 2 aromatic carbocycles. The van der Waals surface area contributed by atoms with Crippen LogP contribution in [0, 0.1) is 0 Å². The Kier molecular flexibility index (Phi) is 6.39. The van der Waals surface area contributed by atoms with E-state index in [0.29, 0.717) is 18.5 Å². The summed E-state index contributed by atoms with van der Waals surface area (Å²) in [6.07, 6.45) is 1.87. The van der Waals surface area contributed by atoms with Gasteiger partial charge in [-0.25, -0.2) is 4.79 Å². The summed E-state index contributed by atoms with van der Waals surface area (Å²) in [6, 6.07) is 12.2. The highest BCUT2D eigenvalue weighted by atomic mass is 16.5. The van der Waals surface area contributed by atoms with Crippen LogP contribution < -0.4 is 14.8 Å². The van der Waals surface area contributed by atoms with Crippen molar-refractivity contribution in [3.8, 4) is 11.5 Å². The largest absolute Gasteiger partial charge is 0.497 e. The van der Waals surface area contributed by atoms with Gasteiger partial charge in [-0.3, -0.25) is 4.79 Å². The number of benzene rings is 2. The number of rotatable bonds is 8. The van der Waals surface area contributed by atoms with Gasteiger partial charge in [-0.15, -0.1) is 0 Å². The van der Waals surface area contributed by atoms with E-state index in [4.69, 9.17) is 14.6 Å². The Morgan fingerprint density at radius 1 is 1.04 bits per heavy atom. The van der Waals surface area contributed by atoms with Crippen molar-refractivity contribution in [3.63, 3.8) is 0 Å². The summed E-state index contributed by atoms with van der Waals surface area (Å²) < 4.78 is 10.2. The van der Waals surface area contributed by atoms with E-state index >= 15 is 0 Å². The number of anilines is 1. The smallest absolute Gasteiger partial charge is 0.339 e. The summed E-state index contributed by atoms with van der Waals surface area (Å²) in [6.45, 7) is 0. The van der Waals surface area contributed by atoms with Crippen LogP contribution in [0.2, 0.25) is 0 Å². The topological polar surface area (TPSA) is 84.9 Å². The van der Waals surface area contributed by atoms with Crippen LogP contribution in [0.4, 0.5) is 5.69 Å². The fourth-order valence-corrected chi connectivity index (χ4v) is 2.41. The third-order valence-corrected chi connectivity index (χ3v) is 3.74. The van der Waals surface area contributed by atoms with Crippen molar-refractivity contribution in [3.05, 3.63) is 53.6 Å². The minimum atomic E-state index is -1.07. The molecule has 1 amide bonds. The summed E-state index contributed by atoms with van der Waals surface area (Å²) in [4.78, 5) is 23.1. The minimum absolute atomic E-state index is 0.0556. The van der Waals surface area contributed by atoms with Gasteiger partial charge in [0.15, 0.2) is 0 Å². The predicted molar refractivity (Wildman–Crippen MR) is 94.5 cm³/mol. The van der Waals surface area contributed by atoms with E-state index in [0.717, 1.165) is 17.7 Å². The lowest BCUT2D eigenvalue weighted by Gasteiger charge is -2.09. The molecule has 25 heavy (non-hydrogen) atoms. The normalized spacial score (nSPS) is 10.2. The van der Waals surface area contributed by atoms with Gasteiger partial charge in [0.2, 0.25) is 5.91 Å². The molecule has 0 fully saturated rings. The van der Waals surface area contributed by atoms with Crippen molar-refractivity contribution in [2.75, 3.05) is 19.5 Å². The standard InChI is InChI=1S/C19H21NO5/c1-24-15-9-6-13(7-10-15)4-3-5-18(21)20-14-8-11-16(19(22)23)17(12-14)25-2/h6-12H,3-5H2,1-2H3,(H,20,21)(H,22,23). The van der Waals surface area contributed by atoms with Crippen LogP contribution in [0.25, 0.3) is 0 Å². The molecule has 0 saturated carbocycles. The maximum absolute atomic E-state index is 12.0. The molecule has 2 rings (SSSR count). The first-order chi connectivity index (χ1) is 12.0. The number of aromatic carboxylic acids is 1. The van der Waals surface area contributed by atoms with Gasteiger partial charge in [-0.2, -0.15) is 0 Å². The van der Waals surface area contributed by atoms with Crippen molar-refractivity contribution in [1.82, 2.24) is 0 Å². The van der Waals surface area contributed by atoms with Crippen molar-refractivity contribution in [1.29, 1.82) is 0 Å². The van der Waals surface area contributed by atoms with Crippen LogP contribution in [-0.2, 0) is 11.2 Å². The monoisotopic (exact) mass is 343 g/mol. The molecule has 0 aliphatic heterocycles. The molecule has 2 aromatic rings. The molecular weight excluding hydrogens is 322 g/mol. The number of aryl methyl sites for hydroxylation is 1. The predicted octanol–water partition coefficient (Wildman–Crippen LogP) is 3.36. The lowest BCUT2D eigenvalue weighted by molar-refractivity contribution is -0.116. The highest BCUT2D eigenvalue weighted by molar-refractivity contribution is 5.94. The summed E-state index contributed by atoms with van der Waals surface area (Å²) in [7, 11) is 3.01. The molecule has 0 spiro atoms. The number of methoxy groups -OCH3 is 2. The van der Waals surface area contributed by atoms with Gasteiger partial charge in [-0.1, -0.05) is 12.1 Å². The lowest BCUT2D eigenvalue weighted by Crippen LogP contribution is -2.12. The second kappa shape index (κ2) is 8.73. The number of carboxylic acids is 1. The highest BCUT2D eigenvalue weighted by Crippen LogP contribution is 2.23. The molecule has 2 N–H and O–H groups in total. The van der Waals surface area contributed by atoms with Crippen LogP contribution in [0.5, 0.6) is 11.5 Å². The zero-order valence-electron chi connectivity index (χ0n) is 14.2. The molecule has 0 bridgehead atoms. The van der Waals surface area contributed by atoms with Crippen LogP contribution in [0.1, 0.15) is 28.8 Å². The number of hydrogen-bond donors (Lipinski definition) is 2. The average molecular weight is 343 g/mol. The number of carbonyl (C=O) groups excluding carboxylic acids is 1. The molecule has 6 nitrogen and oxygen atoms in total. The maximum atomic E-state index is 12.0. The van der Waals surface area contributed by atoms with E-state index in [9.17, 15) is 9.59 Å². The van der Waals surface area contributed by atoms with E-state index in [1.165, 1.54) is 19.2 Å². The lowest BCUT2D eigenvalue weighted by atomic mass is 10.1. The third kappa shape index (κ3) is 5.24. The van der Waals surface area contributed by atoms with Gasteiger partial charge in [0, 0.05) is 18.2 Å². The van der Waals surface area contributed by atoms with Crippen LogP contribution in [0.15, 0.2) is 42.5 Å². The maximum Gasteiger partial charge on any atom is 0.339 e. The van der Waals surface area contributed by atoms with E-state index in [1.807, 2.05) is 24.3 Å². The van der Waals surface area contributed by atoms with Gasteiger partial charge >= 0.3 is 5.97 Å². The fraction of sp³-hybridized carbons (Fsp3) is 0.263. The van der Waals surface area contributed by atoms with Gasteiger partial charge in [-0.05, 0) is 42.7 Å². The highest BCUT2D eigenvalue weighted by Gasteiger charge is 2.12. The number of hydrogen-bond acceptors (Lipinski definition) is 4. The Balaban J connectivity index is 1.86. The van der Waals surface area contributed by atoms with Crippen LogP contribution >= 0.6 is 0 Å².